The summed E-state index contributed by atoms with van der Waals surface area (Å²) in [4.78, 5) is 12.2. The number of aromatic nitrogens is 2. The lowest BCUT2D eigenvalue weighted by Crippen LogP contribution is -2.25. The lowest BCUT2D eigenvalue weighted by Gasteiger charge is -2.09. The molecule has 25 heavy (non-hydrogen) atoms. The van der Waals surface area contributed by atoms with Crippen molar-refractivity contribution in [2.75, 3.05) is 19.7 Å². The van der Waals surface area contributed by atoms with Gasteiger partial charge in [-0.2, -0.15) is 0 Å². The number of para-hydroxylation sites is 1. The highest BCUT2D eigenvalue weighted by Crippen LogP contribution is 2.24. The second kappa shape index (κ2) is 8.58. The van der Waals surface area contributed by atoms with Crippen LogP contribution in [-0.4, -0.2) is 33.9 Å². The summed E-state index contributed by atoms with van der Waals surface area (Å²) in [6.07, 6.45) is 3.55. The number of imidazole rings is 1. The van der Waals surface area contributed by atoms with Gasteiger partial charge >= 0.3 is 5.69 Å². The topological polar surface area (TPSA) is 68.4 Å². The van der Waals surface area contributed by atoms with Crippen LogP contribution in [0.5, 0.6) is 11.6 Å². The summed E-state index contributed by atoms with van der Waals surface area (Å²) in [6.45, 7) is 3.54. The number of fused-ring (bicyclic) bond motifs is 1. The predicted octanol–water partition coefficient (Wildman–Crippen LogP) is 2.51. The van der Waals surface area contributed by atoms with E-state index in [0.29, 0.717) is 13.2 Å². The van der Waals surface area contributed by atoms with Crippen molar-refractivity contribution >= 4 is 15.9 Å². The highest BCUT2D eigenvalue weighted by Gasteiger charge is 2.22. The summed E-state index contributed by atoms with van der Waals surface area (Å²) in [5.74, 6) is 1.01. The number of rotatable bonds is 9. The third kappa shape index (κ3) is 4.27. The van der Waals surface area contributed by atoms with Crippen molar-refractivity contribution < 1.29 is 9.84 Å². The molecular weight excluding hydrogens is 386 g/mol. The van der Waals surface area contributed by atoms with Crippen LogP contribution in [0.2, 0.25) is 0 Å². The quantitative estimate of drug-likeness (QED) is 0.624. The third-order valence-corrected chi connectivity index (χ3v) is 5.11. The zero-order valence-electron chi connectivity index (χ0n) is 14.2. The number of halogens is 1. The van der Waals surface area contributed by atoms with Crippen LogP contribution in [-0.2, 0) is 19.5 Å². The molecule has 0 unspecified atom stereocenters. The standard InChI is InChI=1S/C18H24BrN3O3/c19-14-6-1-2-8-16(14)25-13-10-20-9-3-4-11-22-17(23)15-7-5-12-21(15)18(22)24/h1-2,6,8,20,23H,3-5,7,9-13H2. The molecule has 1 aliphatic heterocycles. The number of hydrogen-bond donors (Lipinski definition) is 2. The molecule has 2 heterocycles. The first-order chi connectivity index (χ1) is 12.2. The predicted molar refractivity (Wildman–Crippen MR) is 100 cm³/mol. The molecule has 1 aromatic heterocycles. The van der Waals surface area contributed by atoms with Gasteiger partial charge in [0.25, 0.3) is 0 Å². The molecule has 3 rings (SSSR count). The van der Waals surface area contributed by atoms with Crippen molar-refractivity contribution in [1.29, 1.82) is 0 Å². The van der Waals surface area contributed by atoms with Crippen LogP contribution < -0.4 is 15.7 Å². The van der Waals surface area contributed by atoms with E-state index in [1.54, 1.807) is 4.57 Å². The van der Waals surface area contributed by atoms with Crippen LogP contribution in [0.15, 0.2) is 33.5 Å². The Balaban J connectivity index is 1.31. The molecule has 7 heteroatoms. The number of unbranched alkanes of at least 4 members (excludes halogenated alkanes) is 1. The average molecular weight is 410 g/mol. The van der Waals surface area contributed by atoms with Crippen molar-refractivity contribution in [3.63, 3.8) is 0 Å². The second-order valence-corrected chi connectivity index (χ2v) is 7.05. The Morgan fingerprint density at radius 2 is 2.08 bits per heavy atom. The van der Waals surface area contributed by atoms with E-state index in [2.05, 4.69) is 21.2 Å². The van der Waals surface area contributed by atoms with Crippen molar-refractivity contribution in [3.8, 4) is 11.6 Å². The summed E-state index contributed by atoms with van der Waals surface area (Å²) in [5.41, 5.74) is 0.729. The molecule has 0 saturated carbocycles. The van der Waals surface area contributed by atoms with E-state index in [-0.39, 0.29) is 11.6 Å². The molecule has 2 N–H and O–H groups in total. The van der Waals surface area contributed by atoms with Crippen LogP contribution in [0.25, 0.3) is 0 Å². The lowest BCUT2D eigenvalue weighted by molar-refractivity contribution is 0.311. The number of nitrogens with zero attached hydrogens (tertiary/aromatic N) is 2. The molecule has 1 aromatic carbocycles. The maximum absolute atomic E-state index is 12.2. The maximum atomic E-state index is 12.2. The molecular formula is C18H24BrN3O3. The van der Waals surface area contributed by atoms with Gasteiger partial charge in [0, 0.05) is 19.6 Å². The summed E-state index contributed by atoms with van der Waals surface area (Å²) in [5, 5.41) is 13.5. The largest absolute Gasteiger partial charge is 0.493 e. The first kappa shape index (κ1) is 18.1. The third-order valence-electron chi connectivity index (χ3n) is 4.46. The van der Waals surface area contributed by atoms with Crippen LogP contribution in [0, 0.1) is 0 Å². The highest BCUT2D eigenvalue weighted by atomic mass is 79.9. The van der Waals surface area contributed by atoms with Gasteiger partial charge in [0.15, 0.2) is 0 Å². The van der Waals surface area contributed by atoms with Gasteiger partial charge in [-0.05, 0) is 60.3 Å². The zero-order valence-corrected chi connectivity index (χ0v) is 15.8. The fraction of sp³-hybridized carbons (Fsp3) is 0.500. The molecule has 0 bridgehead atoms. The highest BCUT2D eigenvalue weighted by molar-refractivity contribution is 9.10. The van der Waals surface area contributed by atoms with Crippen LogP contribution in [0.3, 0.4) is 0 Å². The van der Waals surface area contributed by atoms with Gasteiger partial charge in [0.05, 0.1) is 10.2 Å². The number of ether oxygens (including phenoxy) is 1. The van der Waals surface area contributed by atoms with Crippen LogP contribution in [0.4, 0.5) is 0 Å². The Morgan fingerprint density at radius 3 is 2.88 bits per heavy atom. The van der Waals surface area contributed by atoms with Crippen molar-refractivity contribution in [2.24, 2.45) is 0 Å². The minimum atomic E-state index is -0.0696. The minimum absolute atomic E-state index is 0.0696. The fourth-order valence-electron chi connectivity index (χ4n) is 3.15. The number of nitrogens with one attached hydrogen (secondary N) is 1. The Kier molecular flexibility index (Phi) is 6.20. The molecule has 0 spiro atoms. The van der Waals surface area contributed by atoms with Crippen molar-refractivity contribution in [2.45, 2.75) is 38.8 Å². The van der Waals surface area contributed by atoms with Gasteiger partial charge in [0.2, 0.25) is 5.88 Å². The number of aromatic hydroxyl groups is 1. The summed E-state index contributed by atoms with van der Waals surface area (Å²) >= 11 is 3.45. The second-order valence-electron chi connectivity index (χ2n) is 6.20. The van der Waals surface area contributed by atoms with Crippen molar-refractivity contribution in [3.05, 3.63) is 44.9 Å². The van der Waals surface area contributed by atoms with Crippen molar-refractivity contribution in [1.82, 2.24) is 14.5 Å². The average Bonchev–Trinajstić information content (AvgIpc) is 3.17. The minimum Gasteiger partial charge on any atom is -0.493 e. The molecule has 6 nitrogen and oxygen atoms in total. The van der Waals surface area contributed by atoms with E-state index in [9.17, 15) is 9.90 Å². The Labute approximate surface area is 155 Å². The summed E-state index contributed by atoms with van der Waals surface area (Å²) in [7, 11) is 0. The Bertz CT molecular complexity index is 769. The molecule has 0 atom stereocenters. The molecule has 1 aliphatic rings. The van der Waals surface area contributed by atoms with E-state index in [4.69, 9.17) is 4.74 Å². The Morgan fingerprint density at radius 1 is 1.24 bits per heavy atom. The summed E-state index contributed by atoms with van der Waals surface area (Å²) < 4.78 is 9.85. The number of hydrogen-bond acceptors (Lipinski definition) is 4. The molecule has 136 valence electrons. The monoisotopic (exact) mass is 409 g/mol. The van der Waals surface area contributed by atoms with Crippen LogP contribution >= 0.6 is 15.9 Å². The van der Waals surface area contributed by atoms with Gasteiger partial charge in [-0.25, -0.2) is 4.79 Å². The first-order valence-electron chi connectivity index (χ1n) is 8.77. The van der Waals surface area contributed by atoms with Gasteiger partial charge in [-0.1, -0.05) is 12.1 Å². The van der Waals surface area contributed by atoms with E-state index in [1.165, 1.54) is 4.57 Å². The van der Waals surface area contributed by atoms with Gasteiger partial charge < -0.3 is 15.2 Å². The lowest BCUT2D eigenvalue weighted by atomic mass is 10.3. The van der Waals surface area contributed by atoms with Gasteiger partial charge in [0.1, 0.15) is 12.4 Å². The molecule has 0 amide bonds. The Hall–Kier alpha value is -1.73. The van der Waals surface area contributed by atoms with Gasteiger partial charge in [-0.3, -0.25) is 9.13 Å². The fourth-order valence-corrected chi connectivity index (χ4v) is 3.55. The molecule has 2 aromatic rings. The summed E-state index contributed by atoms with van der Waals surface area (Å²) in [6, 6.07) is 7.79. The van der Waals surface area contributed by atoms with E-state index < -0.39 is 0 Å². The van der Waals surface area contributed by atoms with E-state index in [1.807, 2.05) is 24.3 Å². The molecule has 0 fully saturated rings. The number of benzene rings is 1. The molecule has 0 aliphatic carbocycles. The first-order valence-corrected chi connectivity index (χ1v) is 9.57. The maximum Gasteiger partial charge on any atom is 0.331 e. The van der Waals surface area contributed by atoms with Crippen LogP contribution in [0.1, 0.15) is 25.0 Å². The van der Waals surface area contributed by atoms with E-state index >= 15 is 0 Å². The smallest absolute Gasteiger partial charge is 0.331 e. The SMILES string of the molecule is O=c1n(CCCCNCCOc2ccccc2Br)c(O)c2n1CCC2. The molecule has 0 radical (unpaired) electrons. The van der Waals surface area contributed by atoms with Gasteiger partial charge in [-0.15, -0.1) is 0 Å². The molecule has 0 saturated heterocycles. The zero-order chi connectivity index (χ0) is 17.6. The van der Waals surface area contributed by atoms with E-state index in [0.717, 1.165) is 61.2 Å². The normalized spacial score (nSPS) is 13.2.